The van der Waals surface area contributed by atoms with Crippen LogP contribution in [0.1, 0.15) is 38.4 Å². The summed E-state index contributed by atoms with van der Waals surface area (Å²) in [6.45, 7) is 1.01. The van der Waals surface area contributed by atoms with E-state index in [0.717, 1.165) is 39.2 Å². The Kier molecular flexibility index (Phi) is 6.51. The van der Waals surface area contributed by atoms with Crippen molar-refractivity contribution in [2.45, 2.75) is 25.2 Å². The summed E-state index contributed by atoms with van der Waals surface area (Å²) in [7, 11) is 0. The number of nitrogens with two attached hydrogens (primary N) is 1. The number of fused-ring (bicyclic) bond motifs is 1. The maximum atomic E-state index is 14.4. The zero-order chi connectivity index (χ0) is 29.4. The largest absolute Gasteiger partial charge is 0.369 e. The fraction of sp³-hybridized carbons (Fsp3) is 0.114. The number of hydrogen-bond acceptors (Lipinski definition) is 6. The number of nitrogens with zero attached hydrogens (tertiary/aromatic N) is 5. The molecule has 2 N–H and O–H groups in total. The summed E-state index contributed by atoms with van der Waals surface area (Å²) in [6.07, 6.45) is 3.28. The van der Waals surface area contributed by atoms with Gasteiger partial charge in [-0.1, -0.05) is 97.1 Å². The van der Waals surface area contributed by atoms with Crippen LogP contribution in [0.3, 0.4) is 0 Å². The Morgan fingerprint density at radius 3 is 2.02 bits per heavy atom. The summed E-state index contributed by atoms with van der Waals surface area (Å²) in [5.74, 6) is -0.231. The van der Waals surface area contributed by atoms with E-state index in [4.69, 9.17) is 10.7 Å². The van der Waals surface area contributed by atoms with Crippen molar-refractivity contribution >= 4 is 17.8 Å². The summed E-state index contributed by atoms with van der Waals surface area (Å²) in [5, 5.41) is 0. The number of aromatic nitrogens is 2. The van der Waals surface area contributed by atoms with E-state index in [-0.39, 0.29) is 24.3 Å². The van der Waals surface area contributed by atoms with Crippen molar-refractivity contribution in [3.8, 4) is 11.1 Å². The molecule has 8 nitrogen and oxygen atoms in total. The van der Waals surface area contributed by atoms with Crippen LogP contribution in [-0.4, -0.2) is 37.5 Å². The minimum Gasteiger partial charge on any atom is -0.369 e. The highest BCUT2D eigenvalue weighted by molar-refractivity contribution is 6.09. The van der Waals surface area contributed by atoms with E-state index in [1.54, 1.807) is 23.4 Å². The SMILES string of the molecule is NC1=NC(c2ccccc2)(c2ccc(-c3ccccc3)cc2)C(=O)N1Cc1cccc(C(=O)N2Cc3nccnc3C2)c1. The number of benzene rings is 4. The highest BCUT2D eigenvalue weighted by Crippen LogP contribution is 2.40. The van der Waals surface area contributed by atoms with Gasteiger partial charge in [0.25, 0.3) is 11.8 Å². The molecular formula is C35H28N6O2. The number of carbonyl (C=O) groups excluding carboxylic acids is 2. The molecule has 7 rings (SSSR count). The Morgan fingerprint density at radius 2 is 1.35 bits per heavy atom. The lowest BCUT2D eigenvalue weighted by atomic mass is 9.82. The maximum absolute atomic E-state index is 14.4. The van der Waals surface area contributed by atoms with Gasteiger partial charge in [0.05, 0.1) is 31.0 Å². The normalized spacial score (nSPS) is 17.6. The van der Waals surface area contributed by atoms with Crippen molar-refractivity contribution < 1.29 is 9.59 Å². The Balaban J connectivity index is 1.18. The van der Waals surface area contributed by atoms with Crippen molar-refractivity contribution in [3.05, 3.63) is 155 Å². The summed E-state index contributed by atoms with van der Waals surface area (Å²) in [5.41, 5.74) is 11.7. The van der Waals surface area contributed by atoms with Gasteiger partial charge in [0.1, 0.15) is 0 Å². The summed E-state index contributed by atoms with van der Waals surface area (Å²) in [6, 6.07) is 34.8. The van der Waals surface area contributed by atoms with Crippen molar-refractivity contribution in [3.63, 3.8) is 0 Å². The molecule has 0 spiro atoms. The van der Waals surface area contributed by atoms with Gasteiger partial charge in [-0.2, -0.15) is 0 Å². The molecule has 3 heterocycles. The monoisotopic (exact) mass is 564 g/mol. The Bertz CT molecular complexity index is 1830. The van der Waals surface area contributed by atoms with E-state index in [1.807, 2.05) is 91.0 Å². The smallest absolute Gasteiger partial charge is 0.266 e. The minimum atomic E-state index is -1.32. The molecule has 8 heteroatoms. The lowest BCUT2D eigenvalue weighted by molar-refractivity contribution is -0.130. The zero-order valence-corrected chi connectivity index (χ0v) is 23.3. The van der Waals surface area contributed by atoms with Crippen molar-refractivity contribution in [2.75, 3.05) is 0 Å². The van der Waals surface area contributed by atoms with E-state index in [9.17, 15) is 9.59 Å². The van der Waals surface area contributed by atoms with Crippen LogP contribution in [0.25, 0.3) is 11.1 Å². The van der Waals surface area contributed by atoms with Crippen LogP contribution in [0, 0.1) is 0 Å². The number of aliphatic imine (C=N–C) groups is 1. The van der Waals surface area contributed by atoms with Crippen molar-refractivity contribution in [1.82, 2.24) is 19.8 Å². The molecule has 1 unspecified atom stereocenters. The highest BCUT2D eigenvalue weighted by Gasteiger charge is 2.50. The summed E-state index contributed by atoms with van der Waals surface area (Å²) < 4.78 is 0. The third-order valence-corrected chi connectivity index (χ3v) is 8.06. The van der Waals surface area contributed by atoms with Crippen LogP contribution in [-0.2, 0) is 30.0 Å². The van der Waals surface area contributed by atoms with Gasteiger partial charge < -0.3 is 10.6 Å². The molecule has 0 saturated heterocycles. The standard InChI is InChI=1S/C35H28N6O2/c36-34-39-35(28-12-5-2-6-13-28,29-16-14-26(15-17-29)25-9-3-1-4-10-25)33(43)41(34)21-24-8-7-11-27(20-24)32(42)40-22-30-31(23-40)38-19-18-37-30/h1-20H,21-23H2,(H2,36,39). The van der Waals surface area contributed by atoms with Crippen LogP contribution in [0.4, 0.5) is 0 Å². The van der Waals surface area contributed by atoms with E-state index in [2.05, 4.69) is 22.1 Å². The first-order valence-electron chi connectivity index (χ1n) is 14.1. The van der Waals surface area contributed by atoms with Gasteiger partial charge >= 0.3 is 0 Å². The predicted octanol–water partition coefficient (Wildman–Crippen LogP) is 4.90. The molecule has 0 aliphatic carbocycles. The van der Waals surface area contributed by atoms with Gasteiger partial charge in [0, 0.05) is 18.0 Å². The average Bonchev–Trinajstić information content (AvgIpc) is 3.61. The van der Waals surface area contributed by atoms with Crippen LogP contribution in [0.5, 0.6) is 0 Å². The molecule has 1 atom stereocenters. The molecule has 2 aliphatic heterocycles. The van der Waals surface area contributed by atoms with E-state index >= 15 is 0 Å². The molecule has 0 saturated carbocycles. The lowest BCUT2D eigenvalue weighted by Crippen LogP contribution is -2.43. The lowest BCUT2D eigenvalue weighted by Gasteiger charge is -2.27. The van der Waals surface area contributed by atoms with Gasteiger partial charge in [-0.25, -0.2) is 4.99 Å². The van der Waals surface area contributed by atoms with Crippen molar-refractivity contribution in [2.24, 2.45) is 10.7 Å². The second-order valence-electron chi connectivity index (χ2n) is 10.7. The third kappa shape index (κ3) is 4.63. The zero-order valence-electron chi connectivity index (χ0n) is 23.3. The van der Waals surface area contributed by atoms with Gasteiger partial charge in [0.15, 0.2) is 11.5 Å². The molecule has 4 aromatic carbocycles. The molecule has 0 radical (unpaired) electrons. The van der Waals surface area contributed by atoms with Crippen LogP contribution < -0.4 is 5.73 Å². The number of amides is 2. The molecule has 2 amide bonds. The predicted molar refractivity (Wildman–Crippen MR) is 163 cm³/mol. The minimum absolute atomic E-state index is 0.117. The number of guanidine groups is 1. The third-order valence-electron chi connectivity index (χ3n) is 8.06. The quantitative estimate of drug-likeness (QED) is 0.316. The average molecular weight is 565 g/mol. The molecule has 210 valence electrons. The molecule has 5 aromatic rings. The van der Waals surface area contributed by atoms with Gasteiger partial charge in [-0.15, -0.1) is 0 Å². The first-order valence-corrected chi connectivity index (χ1v) is 14.1. The Hall–Kier alpha value is -5.63. The first kappa shape index (κ1) is 26.3. The first-order chi connectivity index (χ1) is 21.0. The van der Waals surface area contributed by atoms with E-state index < -0.39 is 5.54 Å². The van der Waals surface area contributed by atoms with Crippen LogP contribution in [0.2, 0.25) is 0 Å². The second kappa shape index (κ2) is 10.6. The number of hydrogen-bond donors (Lipinski definition) is 1. The highest BCUT2D eigenvalue weighted by atomic mass is 16.2. The number of carbonyl (C=O) groups is 2. The second-order valence-corrected chi connectivity index (χ2v) is 10.7. The Labute approximate surface area is 249 Å². The van der Waals surface area contributed by atoms with Gasteiger partial charge in [-0.05, 0) is 39.9 Å². The maximum Gasteiger partial charge on any atom is 0.266 e. The molecule has 0 bridgehead atoms. The fourth-order valence-electron chi connectivity index (χ4n) is 5.88. The summed E-state index contributed by atoms with van der Waals surface area (Å²) in [4.78, 5) is 44.5. The Morgan fingerprint density at radius 1 is 0.744 bits per heavy atom. The molecular weight excluding hydrogens is 536 g/mol. The topological polar surface area (TPSA) is 105 Å². The van der Waals surface area contributed by atoms with Gasteiger partial charge in [-0.3, -0.25) is 24.5 Å². The molecule has 43 heavy (non-hydrogen) atoms. The van der Waals surface area contributed by atoms with E-state index in [0.29, 0.717) is 18.7 Å². The molecule has 2 aliphatic rings. The van der Waals surface area contributed by atoms with Crippen molar-refractivity contribution in [1.29, 1.82) is 0 Å². The van der Waals surface area contributed by atoms with Gasteiger partial charge in [0.2, 0.25) is 0 Å². The molecule has 1 aromatic heterocycles. The molecule has 0 fully saturated rings. The van der Waals surface area contributed by atoms with Crippen LogP contribution in [0.15, 0.2) is 127 Å². The fourth-order valence-corrected chi connectivity index (χ4v) is 5.88. The summed E-state index contributed by atoms with van der Waals surface area (Å²) >= 11 is 0. The van der Waals surface area contributed by atoms with E-state index in [1.165, 1.54) is 4.90 Å². The number of rotatable bonds is 6. The van der Waals surface area contributed by atoms with Crippen LogP contribution >= 0.6 is 0 Å².